The number of benzene rings is 3. The van der Waals surface area contributed by atoms with Gasteiger partial charge >= 0.3 is 6.03 Å². The van der Waals surface area contributed by atoms with Gasteiger partial charge in [-0.2, -0.15) is 0 Å². The number of imide groups is 2. The van der Waals surface area contributed by atoms with Crippen LogP contribution in [-0.4, -0.2) is 25.0 Å². The van der Waals surface area contributed by atoms with Crippen LogP contribution in [0, 0.1) is 0 Å². The van der Waals surface area contributed by atoms with Crippen molar-refractivity contribution < 1.29 is 23.9 Å². The van der Waals surface area contributed by atoms with Crippen LogP contribution in [0.2, 0.25) is 0 Å². The van der Waals surface area contributed by atoms with Crippen molar-refractivity contribution in [2.24, 2.45) is 0 Å². The molecule has 178 valence electrons. The lowest BCUT2D eigenvalue weighted by molar-refractivity contribution is -0.122. The lowest BCUT2D eigenvalue weighted by atomic mass is 10.0. The summed E-state index contributed by atoms with van der Waals surface area (Å²) in [7, 11) is 1.51. The monoisotopic (exact) mass is 534 g/mol. The molecule has 1 saturated heterocycles. The third-order valence-corrected chi connectivity index (χ3v) is 6.05. The molecule has 1 aliphatic rings. The van der Waals surface area contributed by atoms with Crippen molar-refractivity contribution in [1.29, 1.82) is 0 Å². The topological polar surface area (TPSA) is 84.9 Å². The number of urea groups is 1. The molecular weight excluding hydrogens is 512 g/mol. The van der Waals surface area contributed by atoms with Gasteiger partial charge in [0.15, 0.2) is 11.5 Å². The summed E-state index contributed by atoms with van der Waals surface area (Å²) < 4.78 is 12.3. The first-order valence-corrected chi connectivity index (χ1v) is 11.7. The Morgan fingerprint density at radius 3 is 2.43 bits per heavy atom. The molecule has 0 spiro atoms. The van der Waals surface area contributed by atoms with Crippen LogP contribution in [0.1, 0.15) is 23.6 Å². The van der Waals surface area contributed by atoms with Crippen molar-refractivity contribution in [3.05, 3.63) is 93.5 Å². The molecule has 0 saturated carbocycles. The summed E-state index contributed by atoms with van der Waals surface area (Å²) in [4.78, 5) is 39.3. The molecule has 0 radical (unpaired) electrons. The van der Waals surface area contributed by atoms with Crippen LogP contribution in [-0.2, 0) is 22.6 Å². The molecule has 1 fully saturated rings. The Bertz CT molecular complexity index is 1320. The Hall–Kier alpha value is -3.91. The van der Waals surface area contributed by atoms with Crippen molar-refractivity contribution in [1.82, 2.24) is 5.32 Å². The number of ether oxygens (including phenoxy) is 2. The number of carbonyl (C=O) groups is 3. The lowest BCUT2D eigenvalue weighted by Gasteiger charge is -2.28. The molecule has 0 atom stereocenters. The predicted molar refractivity (Wildman–Crippen MR) is 136 cm³/mol. The molecule has 3 aromatic carbocycles. The number of para-hydroxylation sites is 1. The molecule has 0 aliphatic carbocycles. The van der Waals surface area contributed by atoms with Gasteiger partial charge in [-0.05, 0) is 59.5 Å². The molecule has 1 heterocycles. The van der Waals surface area contributed by atoms with Crippen LogP contribution >= 0.6 is 15.9 Å². The number of hydrogen-bond acceptors (Lipinski definition) is 5. The first-order valence-electron chi connectivity index (χ1n) is 11.0. The number of nitrogens with zero attached hydrogens (tertiary/aromatic N) is 1. The van der Waals surface area contributed by atoms with E-state index in [2.05, 4.69) is 21.2 Å². The highest BCUT2D eigenvalue weighted by Crippen LogP contribution is 2.31. The molecule has 3 aromatic rings. The van der Waals surface area contributed by atoms with Gasteiger partial charge in [0.2, 0.25) is 0 Å². The van der Waals surface area contributed by atoms with E-state index in [-0.39, 0.29) is 5.57 Å². The Morgan fingerprint density at radius 1 is 0.971 bits per heavy atom. The van der Waals surface area contributed by atoms with Crippen LogP contribution < -0.4 is 19.7 Å². The number of amides is 4. The van der Waals surface area contributed by atoms with Crippen LogP contribution in [0.15, 0.2) is 76.8 Å². The number of halogens is 1. The number of methoxy groups -OCH3 is 1. The van der Waals surface area contributed by atoms with E-state index in [1.165, 1.54) is 13.2 Å². The van der Waals surface area contributed by atoms with E-state index in [0.29, 0.717) is 35.8 Å². The van der Waals surface area contributed by atoms with Gasteiger partial charge in [0.05, 0.1) is 12.8 Å². The Morgan fingerprint density at radius 2 is 1.71 bits per heavy atom. The predicted octanol–water partition coefficient (Wildman–Crippen LogP) is 5.27. The van der Waals surface area contributed by atoms with E-state index in [9.17, 15) is 14.4 Å². The zero-order valence-corrected chi connectivity index (χ0v) is 20.8. The summed E-state index contributed by atoms with van der Waals surface area (Å²) >= 11 is 3.41. The number of nitrogens with one attached hydrogen (secondary N) is 1. The second kappa shape index (κ2) is 10.6. The zero-order chi connectivity index (χ0) is 24.9. The second-order valence-electron chi connectivity index (χ2n) is 7.77. The molecule has 0 unspecified atom stereocenters. The molecule has 35 heavy (non-hydrogen) atoms. The number of hydrogen-bond donors (Lipinski definition) is 1. The number of barbiturate groups is 1. The largest absolute Gasteiger partial charge is 0.493 e. The van der Waals surface area contributed by atoms with Crippen molar-refractivity contribution in [3.8, 4) is 11.5 Å². The van der Waals surface area contributed by atoms with E-state index < -0.39 is 17.8 Å². The van der Waals surface area contributed by atoms with Crippen LogP contribution in [0.25, 0.3) is 6.08 Å². The van der Waals surface area contributed by atoms with E-state index in [0.717, 1.165) is 20.5 Å². The van der Waals surface area contributed by atoms with Crippen molar-refractivity contribution in [2.45, 2.75) is 20.0 Å². The van der Waals surface area contributed by atoms with E-state index in [1.54, 1.807) is 30.3 Å². The summed E-state index contributed by atoms with van der Waals surface area (Å²) in [6, 6.07) is 19.2. The fourth-order valence-corrected chi connectivity index (χ4v) is 3.97. The Labute approximate surface area is 211 Å². The van der Waals surface area contributed by atoms with Gasteiger partial charge in [0, 0.05) is 4.47 Å². The zero-order valence-electron chi connectivity index (χ0n) is 19.2. The third kappa shape index (κ3) is 5.27. The molecule has 0 bridgehead atoms. The minimum absolute atomic E-state index is 0.152. The summed E-state index contributed by atoms with van der Waals surface area (Å²) in [6.07, 6.45) is 2.06. The average molecular weight is 535 g/mol. The average Bonchev–Trinajstić information content (AvgIpc) is 2.86. The molecule has 1 aliphatic heterocycles. The van der Waals surface area contributed by atoms with Crippen molar-refractivity contribution >= 4 is 45.5 Å². The molecule has 4 rings (SSSR count). The highest BCUT2D eigenvalue weighted by Gasteiger charge is 2.37. The minimum Gasteiger partial charge on any atom is -0.493 e. The number of anilines is 1. The highest BCUT2D eigenvalue weighted by atomic mass is 79.9. The summed E-state index contributed by atoms with van der Waals surface area (Å²) in [6.45, 7) is 2.28. The van der Waals surface area contributed by atoms with Gasteiger partial charge in [-0.15, -0.1) is 0 Å². The van der Waals surface area contributed by atoms with E-state index in [4.69, 9.17) is 9.47 Å². The van der Waals surface area contributed by atoms with Gasteiger partial charge in [0.25, 0.3) is 11.8 Å². The first-order chi connectivity index (χ1) is 16.9. The first kappa shape index (κ1) is 24.2. The SMILES string of the molecule is CCc1ccccc1N1C(=O)NC(=O)/C(=C/c2ccc(OCc3ccc(Br)cc3)c(OC)c2)C1=O. The molecule has 8 heteroatoms. The second-order valence-corrected chi connectivity index (χ2v) is 8.68. The van der Waals surface area contributed by atoms with E-state index in [1.807, 2.05) is 43.3 Å². The van der Waals surface area contributed by atoms with Gasteiger partial charge in [-0.3, -0.25) is 14.9 Å². The quantitative estimate of drug-likeness (QED) is 0.330. The van der Waals surface area contributed by atoms with Crippen LogP contribution in [0.4, 0.5) is 10.5 Å². The fourth-order valence-electron chi connectivity index (χ4n) is 3.71. The molecule has 0 aromatic heterocycles. The Kier molecular flexibility index (Phi) is 7.31. The maximum atomic E-state index is 13.2. The maximum Gasteiger partial charge on any atom is 0.335 e. The van der Waals surface area contributed by atoms with Gasteiger partial charge in [-0.1, -0.05) is 59.3 Å². The minimum atomic E-state index is -0.771. The van der Waals surface area contributed by atoms with E-state index >= 15 is 0 Å². The van der Waals surface area contributed by atoms with Gasteiger partial charge < -0.3 is 9.47 Å². The van der Waals surface area contributed by atoms with Crippen LogP contribution in [0.3, 0.4) is 0 Å². The molecule has 7 nitrogen and oxygen atoms in total. The smallest absolute Gasteiger partial charge is 0.335 e. The summed E-state index contributed by atoms with van der Waals surface area (Å²) in [5, 5.41) is 2.26. The third-order valence-electron chi connectivity index (χ3n) is 5.52. The highest BCUT2D eigenvalue weighted by molar-refractivity contribution is 9.10. The number of rotatable bonds is 7. The lowest BCUT2D eigenvalue weighted by Crippen LogP contribution is -2.54. The van der Waals surface area contributed by atoms with Gasteiger partial charge in [0.1, 0.15) is 12.2 Å². The maximum absolute atomic E-state index is 13.2. The van der Waals surface area contributed by atoms with Crippen molar-refractivity contribution in [2.75, 3.05) is 12.0 Å². The normalized spacial score (nSPS) is 14.8. The molecule has 1 N–H and O–H groups in total. The standard InChI is InChI=1S/C27H23BrN2O5/c1-3-19-6-4-5-7-22(19)30-26(32)21(25(31)29-27(30)33)14-18-10-13-23(24(15-18)34-2)35-16-17-8-11-20(28)12-9-17/h4-15H,3,16H2,1-2H3,(H,29,31,33)/b21-14-. The Balaban J connectivity index is 1.60. The molecular formula is C27H23BrN2O5. The summed E-state index contributed by atoms with van der Waals surface area (Å²) in [5.41, 5.74) is 2.65. The molecule has 4 amide bonds. The van der Waals surface area contributed by atoms with Gasteiger partial charge in [-0.25, -0.2) is 9.69 Å². The number of carbonyl (C=O) groups excluding carboxylic acids is 3. The fraction of sp³-hybridized carbons (Fsp3) is 0.148. The summed E-state index contributed by atoms with van der Waals surface area (Å²) in [5.74, 6) is -0.469. The number of aryl methyl sites for hydroxylation is 1. The van der Waals surface area contributed by atoms with Crippen molar-refractivity contribution in [3.63, 3.8) is 0 Å². The van der Waals surface area contributed by atoms with Crippen LogP contribution in [0.5, 0.6) is 11.5 Å².